The summed E-state index contributed by atoms with van der Waals surface area (Å²) in [5.74, 6) is 0.245. The highest BCUT2D eigenvalue weighted by Crippen LogP contribution is 2.30. The summed E-state index contributed by atoms with van der Waals surface area (Å²) in [7, 11) is 0. The van der Waals surface area contributed by atoms with E-state index in [-0.39, 0.29) is 6.03 Å². The van der Waals surface area contributed by atoms with Crippen molar-refractivity contribution in [2.75, 3.05) is 6.61 Å². The maximum atomic E-state index is 12.8. The van der Waals surface area contributed by atoms with Gasteiger partial charge in [-0.15, -0.1) is 0 Å². The summed E-state index contributed by atoms with van der Waals surface area (Å²) in [5.41, 5.74) is 2.73. The highest BCUT2D eigenvalue weighted by Gasteiger charge is 2.32. The van der Waals surface area contributed by atoms with Gasteiger partial charge in [-0.3, -0.25) is 0 Å². The van der Waals surface area contributed by atoms with Crippen molar-refractivity contribution in [3.63, 3.8) is 0 Å². The molecule has 0 saturated carbocycles. The molecule has 1 aliphatic rings. The van der Waals surface area contributed by atoms with Crippen molar-refractivity contribution >= 4 is 12.0 Å². The van der Waals surface area contributed by atoms with Gasteiger partial charge >= 0.3 is 12.0 Å². The van der Waals surface area contributed by atoms with Crippen molar-refractivity contribution in [2.45, 2.75) is 45.8 Å². The van der Waals surface area contributed by atoms with Gasteiger partial charge in [0.05, 0.1) is 18.2 Å². The second kappa shape index (κ2) is 10.5. The molecular weight excluding hydrogens is 380 g/mol. The van der Waals surface area contributed by atoms with Gasteiger partial charge < -0.3 is 20.1 Å². The molecule has 2 amide bonds. The summed E-state index contributed by atoms with van der Waals surface area (Å²) < 4.78 is 11.4. The summed E-state index contributed by atoms with van der Waals surface area (Å²) in [6, 6.07) is 16.3. The minimum atomic E-state index is -0.599. The maximum Gasteiger partial charge on any atom is 0.338 e. The van der Waals surface area contributed by atoms with E-state index >= 15 is 0 Å². The van der Waals surface area contributed by atoms with E-state index < -0.39 is 12.0 Å². The molecule has 2 aromatic rings. The Bertz CT molecular complexity index is 908. The van der Waals surface area contributed by atoms with Crippen molar-refractivity contribution < 1.29 is 19.1 Å². The normalized spacial score (nSPS) is 15.9. The Morgan fingerprint density at radius 2 is 1.87 bits per heavy atom. The molecule has 0 unspecified atom stereocenters. The molecule has 0 saturated heterocycles. The van der Waals surface area contributed by atoms with Crippen LogP contribution in [0.5, 0.6) is 5.75 Å². The van der Waals surface area contributed by atoms with E-state index in [2.05, 4.69) is 17.6 Å². The standard InChI is InChI=1S/C24H28N2O4/c1-3-4-8-14-29-23(27)21-17(2)25-24(28)26-22(21)19-12-9-13-20(15-19)30-16-18-10-6-5-7-11-18/h5-7,9-13,15,22H,3-4,8,14,16H2,1-2H3,(H2,25,26,28)/t22-/m0/s1. The molecule has 0 aromatic heterocycles. The Balaban J connectivity index is 1.76. The molecule has 0 radical (unpaired) electrons. The van der Waals surface area contributed by atoms with Crippen molar-refractivity contribution in [1.82, 2.24) is 10.6 Å². The van der Waals surface area contributed by atoms with Crippen LogP contribution in [0.25, 0.3) is 0 Å². The molecule has 1 aliphatic heterocycles. The first-order valence-corrected chi connectivity index (χ1v) is 10.3. The van der Waals surface area contributed by atoms with Crippen LogP contribution in [0.4, 0.5) is 4.79 Å². The van der Waals surface area contributed by atoms with E-state index in [0.717, 1.165) is 30.4 Å². The van der Waals surface area contributed by atoms with Crippen LogP contribution in [0, 0.1) is 0 Å². The van der Waals surface area contributed by atoms with Gasteiger partial charge in [0.1, 0.15) is 12.4 Å². The molecular formula is C24H28N2O4. The van der Waals surface area contributed by atoms with Gasteiger partial charge in [-0.1, -0.05) is 62.2 Å². The van der Waals surface area contributed by atoms with E-state index in [9.17, 15) is 9.59 Å². The van der Waals surface area contributed by atoms with E-state index in [0.29, 0.717) is 30.2 Å². The third-order valence-electron chi connectivity index (χ3n) is 4.91. The monoisotopic (exact) mass is 408 g/mol. The first kappa shape index (κ1) is 21.4. The number of hydrogen-bond donors (Lipinski definition) is 2. The molecule has 6 heteroatoms. The number of carbonyl (C=O) groups is 2. The third-order valence-corrected chi connectivity index (χ3v) is 4.91. The second-order valence-electron chi connectivity index (χ2n) is 7.26. The number of carbonyl (C=O) groups excluding carboxylic acids is 2. The van der Waals surface area contributed by atoms with Crippen molar-refractivity contribution in [1.29, 1.82) is 0 Å². The summed E-state index contributed by atoms with van der Waals surface area (Å²) in [5, 5.41) is 5.50. The smallest absolute Gasteiger partial charge is 0.338 e. The molecule has 0 bridgehead atoms. The van der Waals surface area contributed by atoms with Crippen LogP contribution in [0.1, 0.15) is 50.3 Å². The highest BCUT2D eigenvalue weighted by molar-refractivity contribution is 5.95. The quantitative estimate of drug-likeness (QED) is 0.469. The average Bonchev–Trinajstić information content (AvgIpc) is 2.75. The van der Waals surface area contributed by atoms with Gasteiger partial charge in [0.2, 0.25) is 0 Å². The number of allylic oxidation sites excluding steroid dienone is 1. The summed E-state index contributed by atoms with van der Waals surface area (Å²) >= 11 is 0. The lowest BCUT2D eigenvalue weighted by atomic mass is 9.95. The third kappa shape index (κ3) is 5.63. The molecule has 1 atom stereocenters. The predicted octanol–water partition coefficient (Wildman–Crippen LogP) is 4.63. The van der Waals surface area contributed by atoms with Crippen molar-refractivity contribution in [3.05, 3.63) is 77.0 Å². The lowest BCUT2D eigenvalue weighted by Crippen LogP contribution is -2.45. The number of benzene rings is 2. The summed E-state index contributed by atoms with van der Waals surface area (Å²) in [6.45, 7) is 4.61. The Morgan fingerprint density at radius 1 is 1.07 bits per heavy atom. The number of ether oxygens (including phenoxy) is 2. The number of urea groups is 1. The van der Waals surface area contributed by atoms with E-state index in [1.807, 2.05) is 54.6 Å². The lowest BCUT2D eigenvalue weighted by molar-refractivity contribution is -0.139. The topological polar surface area (TPSA) is 76.7 Å². The molecule has 0 fully saturated rings. The minimum absolute atomic E-state index is 0.351. The first-order valence-electron chi connectivity index (χ1n) is 10.3. The SMILES string of the molecule is CCCCCOC(=O)C1=C(C)NC(=O)N[C@H]1c1cccc(OCc2ccccc2)c1. The van der Waals surface area contributed by atoms with Crippen molar-refractivity contribution in [2.24, 2.45) is 0 Å². The van der Waals surface area contributed by atoms with Crippen LogP contribution in [-0.2, 0) is 16.1 Å². The predicted molar refractivity (Wildman–Crippen MR) is 115 cm³/mol. The number of hydrogen-bond acceptors (Lipinski definition) is 4. The lowest BCUT2D eigenvalue weighted by Gasteiger charge is -2.28. The van der Waals surface area contributed by atoms with Gasteiger partial charge in [-0.05, 0) is 36.6 Å². The van der Waals surface area contributed by atoms with Crippen LogP contribution in [0.2, 0.25) is 0 Å². The number of esters is 1. The van der Waals surface area contributed by atoms with Crippen LogP contribution >= 0.6 is 0 Å². The maximum absolute atomic E-state index is 12.8. The van der Waals surface area contributed by atoms with Crippen molar-refractivity contribution in [3.8, 4) is 5.75 Å². The molecule has 158 valence electrons. The fourth-order valence-electron chi connectivity index (χ4n) is 3.33. The van der Waals surface area contributed by atoms with E-state index in [1.54, 1.807) is 6.92 Å². The summed E-state index contributed by atoms with van der Waals surface area (Å²) in [6.07, 6.45) is 2.88. The zero-order valence-electron chi connectivity index (χ0n) is 17.4. The van der Waals surface area contributed by atoms with E-state index in [1.165, 1.54) is 0 Å². The molecule has 3 rings (SSSR count). The fraction of sp³-hybridized carbons (Fsp3) is 0.333. The Morgan fingerprint density at radius 3 is 2.63 bits per heavy atom. The zero-order chi connectivity index (χ0) is 21.3. The largest absolute Gasteiger partial charge is 0.489 e. The molecule has 6 nitrogen and oxygen atoms in total. The zero-order valence-corrected chi connectivity index (χ0v) is 17.4. The van der Waals surface area contributed by atoms with Gasteiger partial charge in [0.25, 0.3) is 0 Å². The van der Waals surface area contributed by atoms with Crippen LogP contribution in [0.15, 0.2) is 65.9 Å². The Hall–Kier alpha value is -3.28. The van der Waals surface area contributed by atoms with Gasteiger partial charge in [-0.2, -0.15) is 0 Å². The number of amides is 2. The fourth-order valence-corrected chi connectivity index (χ4v) is 3.33. The van der Waals surface area contributed by atoms with Crippen LogP contribution < -0.4 is 15.4 Å². The Labute approximate surface area is 177 Å². The van der Waals surface area contributed by atoms with Gasteiger partial charge in [-0.25, -0.2) is 9.59 Å². The Kier molecular flexibility index (Phi) is 7.49. The molecule has 2 N–H and O–H groups in total. The van der Waals surface area contributed by atoms with Gasteiger partial charge in [0, 0.05) is 5.70 Å². The molecule has 30 heavy (non-hydrogen) atoms. The summed E-state index contributed by atoms with van der Waals surface area (Å²) in [4.78, 5) is 24.8. The number of unbranched alkanes of at least 4 members (excludes halogenated alkanes) is 2. The van der Waals surface area contributed by atoms with Crippen LogP contribution in [-0.4, -0.2) is 18.6 Å². The number of rotatable bonds is 9. The first-order chi connectivity index (χ1) is 14.6. The van der Waals surface area contributed by atoms with E-state index in [4.69, 9.17) is 9.47 Å². The molecule has 1 heterocycles. The molecule has 0 aliphatic carbocycles. The average molecular weight is 408 g/mol. The van der Waals surface area contributed by atoms with Gasteiger partial charge in [0.15, 0.2) is 0 Å². The molecule has 2 aromatic carbocycles. The number of nitrogens with one attached hydrogen (secondary N) is 2. The minimum Gasteiger partial charge on any atom is -0.489 e. The molecule has 0 spiro atoms. The second-order valence-corrected chi connectivity index (χ2v) is 7.26. The highest BCUT2D eigenvalue weighted by atomic mass is 16.5. The van der Waals surface area contributed by atoms with Crippen LogP contribution in [0.3, 0.4) is 0 Å².